The molecule has 0 bridgehead atoms. The fourth-order valence-corrected chi connectivity index (χ4v) is 2.56. The Bertz CT molecular complexity index is 364. The zero-order chi connectivity index (χ0) is 13.5. The summed E-state index contributed by atoms with van der Waals surface area (Å²) in [6, 6.07) is 2.00. The van der Waals surface area contributed by atoms with Gasteiger partial charge in [0, 0.05) is 12.7 Å². The lowest BCUT2D eigenvalue weighted by atomic mass is 9.95. The summed E-state index contributed by atoms with van der Waals surface area (Å²) in [7, 11) is 1.79. The summed E-state index contributed by atoms with van der Waals surface area (Å²) in [6.07, 6.45) is 6.93. The van der Waals surface area contributed by atoms with Crippen molar-refractivity contribution in [2.45, 2.75) is 58.0 Å². The van der Waals surface area contributed by atoms with Crippen LogP contribution in [0.3, 0.4) is 0 Å². The van der Waals surface area contributed by atoms with E-state index in [1.54, 1.807) is 13.4 Å². The molecule has 1 heterocycles. The summed E-state index contributed by atoms with van der Waals surface area (Å²) in [6.45, 7) is 4.44. The van der Waals surface area contributed by atoms with E-state index < -0.39 is 0 Å². The Balaban J connectivity index is 1.79. The molecule has 2 rings (SSSR count). The fraction of sp³-hybridized carbons (Fsp3) is 0.733. The molecule has 1 aliphatic carbocycles. The molecule has 0 aromatic carbocycles. The van der Waals surface area contributed by atoms with Crippen molar-refractivity contribution in [1.29, 1.82) is 0 Å². The van der Waals surface area contributed by atoms with Gasteiger partial charge in [-0.3, -0.25) is 0 Å². The molecule has 1 saturated carbocycles. The molecule has 0 radical (unpaired) electrons. The van der Waals surface area contributed by atoms with Crippen molar-refractivity contribution in [3.05, 3.63) is 23.7 Å². The second-order valence-electron chi connectivity index (χ2n) is 5.11. The predicted octanol–water partition coefficient (Wildman–Crippen LogP) is 2.86. The number of ether oxygens (including phenoxy) is 2. The monoisotopic (exact) mass is 267 g/mol. The zero-order valence-corrected chi connectivity index (χ0v) is 12.0. The minimum Gasteiger partial charge on any atom is -0.468 e. The molecule has 0 saturated heterocycles. The summed E-state index contributed by atoms with van der Waals surface area (Å²) in [4.78, 5) is 0. The highest BCUT2D eigenvalue weighted by Gasteiger charge is 2.22. The van der Waals surface area contributed by atoms with Crippen molar-refractivity contribution in [2.75, 3.05) is 13.7 Å². The molecule has 1 N–H and O–H groups in total. The molecule has 0 spiro atoms. The first-order chi connectivity index (χ1) is 9.33. The van der Waals surface area contributed by atoms with Gasteiger partial charge in [0.15, 0.2) is 0 Å². The molecule has 2 atom stereocenters. The SMILES string of the molecule is CCNCc1occc1COC1CCCC(OC)C1. The average molecular weight is 267 g/mol. The lowest BCUT2D eigenvalue weighted by Crippen LogP contribution is -2.27. The van der Waals surface area contributed by atoms with E-state index in [1.807, 2.05) is 6.07 Å². The van der Waals surface area contributed by atoms with E-state index in [0.29, 0.717) is 18.8 Å². The molecule has 1 fully saturated rings. The summed E-state index contributed by atoms with van der Waals surface area (Å²) >= 11 is 0. The third kappa shape index (κ3) is 4.34. The van der Waals surface area contributed by atoms with Gasteiger partial charge in [0.1, 0.15) is 5.76 Å². The van der Waals surface area contributed by atoms with Crippen LogP contribution in [-0.2, 0) is 22.6 Å². The van der Waals surface area contributed by atoms with E-state index in [9.17, 15) is 0 Å². The number of hydrogen-bond acceptors (Lipinski definition) is 4. The van der Waals surface area contributed by atoms with Crippen LogP contribution in [0.25, 0.3) is 0 Å². The van der Waals surface area contributed by atoms with E-state index in [-0.39, 0.29) is 0 Å². The van der Waals surface area contributed by atoms with E-state index in [0.717, 1.165) is 43.7 Å². The summed E-state index contributed by atoms with van der Waals surface area (Å²) in [5.74, 6) is 0.987. The van der Waals surface area contributed by atoms with Crippen LogP contribution in [0.5, 0.6) is 0 Å². The Kier molecular flexibility index (Phi) is 5.89. The van der Waals surface area contributed by atoms with Gasteiger partial charge in [0.2, 0.25) is 0 Å². The first-order valence-electron chi connectivity index (χ1n) is 7.23. The smallest absolute Gasteiger partial charge is 0.123 e. The molecule has 4 nitrogen and oxygen atoms in total. The second-order valence-corrected chi connectivity index (χ2v) is 5.11. The van der Waals surface area contributed by atoms with Crippen LogP contribution >= 0.6 is 0 Å². The van der Waals surface area contributed by atoms with Crippen LogP contribution in [0.15, 0.2) is 16.7 Å². The number of hydrogen-bond donors (Lipinski definition) is 1. The lowest BCUT2D eigenvalue weighted by molar-refractivity contribution is -0.0366. The Labute approximate surface area is 115 Å². The first-order valence-corrected chi connectivity index (χ1v) is 7.23. The van der Waals surface area contributed by atoms with Crippen molar-refractivity contribution < 1.29 is 13.9 Å². The first kappa shape index (κ1) is 14.6. The molecule has 4 heteroatoms. The largest absolute Gasteiger partial charge is 0.468 e. The maximum absolute atomic E-state index is 6.01. The zero-order valence-electron chi connectivity index (χ0n) is 12.0. The van der Waals surface area contributed by atoms with Crippen LogP contribution in [0, 0.1) is 0 Å². The van der Waals surface area contributed by atoms with Gasteiger partial charge in [-0.25, -0.2) is 0 Å². The minimum absolute atomic E-state index is 0.320. The van der Waals surface area contributed by atoms with Crippen LogP contribution < -0.4 is 5.32 Å². The quantitative estimate of drug-likeness (QED) is 0.825. The molecule has 1 aromatic rings. The molecular weight excluding hydrogens is 242 g/mol. The molecule has 2 unspecified atom stereocenters. The summed E-state index contributed by atoms with van der Waals surface area (Å²) < 4.78 is 16.9. The van der Waals surface area contributed by atoms with Gasteiger partial charge in [0.25, 0.3) is 0 Å². The Morgan fingerprint density at radius 3 is 3.00 bits per heavy atom. The van der Waals surface area contributed by atoms with E-state index in [4.69, 9.17) is 13.9 Å². The maximum Gasteiger partial charge on any atom is 0.123 e. The number of furan rings is 1. The molecule has 1 aliphatic rings. The normalized spacial score (nSPS) is 23.7. The Morgan fingerprint density at radius 2 is 2.21 bits per heavy atom. The van der Waals surface area contributed by atoms with Gasteiger partial charge in [0.05, 0.1) is 31.6 Å². The number of nitrogens with one attached hydrogen (secondary N) is 1. The van der Waals surface area contributed by atoms with Crippen LogP contribution in [0.2, 0.25) is 0 Å². The van der Waals surface area contributed by atoms with E-state index >= 15 is 0 Å². The van der Waals surface area contributed by atoms with Gasteiger partial charge < -0.3 is 19.2 Å². The molecule has 1 aromatic heterocycles. The minimum atomic E-state index is 0.320. The maximum atomic E-state index is 6.01. The summed E-state index contributed by atoms with van der Waals surface area (Å²) in [5.41, 5.74) is 1.15. The van der Waals surface area contributed by atoms with Gasteiger partial charge in [-0.15, -0.1) is 0 Å². The molecule has 0 aliphatic heterocycles. The Hall–Kier alpha value is -0.840. The van der Waals surface area contributed by atoms with Gasteiger partial charge in [-0.2, -0.15) is 0 Å². The number of methoxy groups -OCH3 is 1. The number of rotatable bonds is 7. The molecule has 19 heavy (non-hydrogen) atoms. The fourth-order valence-electron chi connectivity index (χ4n) is 2.56. The van der Waals surface area contributed by atoms with Crippen LogP contribution in [0.1, 0.15) is 43.9 Å². The highest BCUT2D eigenvalue weighted by molar-refractivity contribution is 5.15. The third-order valence-electron chi connectivity index (χ3n) is 3.76. The molecule has 0 amide bonds. The van der Waals surface area contributed by atoms with Gasteiger partial charge >= 0.3 is 0 Å². The van der Waals surface area contributed by atoms with Gasteiger partial charge in [-0.05, 0) is 38.3 Å². The van der Waals surface area contributed by atoms with Crippen molar-refractivity contribution >= 4 is 0 Å². The topological polar surface area (TPSA) is 43.6 Å². The lowest BCUT2D eigenvalue weighted by Gasteiger charge is -2.28. The van der Waals surface area contributed by atoms with Crippen LogP contribution in [-0.4, -0.2) is 25.9 Å². The second kappa shape index (κ2) is 7.68. The highest BCUT2D eigenvalue weighted by atomic mass is 16.5. The third-order valence-corrected chi connectivity index (χ3v) is 3.76. The van der Waals surface area contributed by atoms with Crippen molar-refractivity contribution in [3.8, 4) is 0 Å². The highest BCUT2D eigenvalue weighted by Crippen LogP contribution is 2.24. The average Bonchev–Trinajstić information content (AvgIpc) is 2.90. The van der Waals surface area contributed by atoms with Gasteiger partial charge in [-0.1, -0.05) is 6.92 Å². The molecular formula is C15H25NO3. The predicted molar refractivity (Wildman–Crippen MR) is 73.9 cm³/mol. The standard InChI is InChI=1S/C15H25NO3/c1-3-16-10-15-12(7-8-18-15)11-19-14-6-4-5-13(9-14)17-2/h7-8,13-14,16H,3-6,9-11H2,1-2H3. The van der Waals surface area contributed by atoms with Crippen molar-refractivity contribution in [2.24, 2.45) is 0 Å². The van der Waals surface area contributed by atoms with E-state index in [1.165, 1.54) is 6.42 Å². The Morgan fingerprint density at radius 1 is 1.37 bits per heavy atom. The van der Waals surface area contributed by atoms with Crippen LogP contribution in [0.4, 0.5) is 0 Å². The summed E-state index contributed by atoms with van der Waals surface area (Å²) in [5, 5.41) is 3.28. The molecule has 108 valence electrons. The van der Waals surface area contributed by atoms with Crippen molar-refractivity contribution in [1.82, 2.24) is 5.32 Å². The van der Waals surface area contributed by atoms with Crippen molar-refractivity contribution in [3.63, 3.8) is 0 Å². The van der Waals surface area contributed by atoms with E-state index in [2.05, 4.69) is 12.2 Å².